The lowest BCUT2D eigenvalue weighted by atomic mass is 10.0. The van der Waals surface area contributed by atoms with Crippen molar-refractivity contribution in [3.8, 4) is 0 Å². The third kappa shape index (κ3) is 4.77. The molecule has 136 valence electrons. The van der Waals surface area contributed by atoms with Crippen LogP contribution < -0.4 is 5.32 Å². The van der Waals surface area contributed by atoms with E-state index in [0.717, 1.165) is 18.4 Å². The standard InChI is InChI=1S/C20H20Cl2N2O2/c21-17-7-6-15(13-18(17)22)20(26)24-10-8-16(9-11-24)23-19(25)12-14-4-2-1-3-5-14/h1-7,13,16H,8-12H2,(H,23,25). The van der Waals surface area contributed by atoms with Gasteiger partial charge in [0.05, 0.1) is 16.5 Å². The lowest BCUT2D eigenvalue weighted by Crippen LogP contribution is -2.46. The Hall–Kier alpha value is -2.04. The van der Waals surface area contributed by atoms with Crippen LogP contribution in [0.25, 0.3) is 0 Å². The summed E-state index contributed by atoms with van der Waals surface area (Å²) in [6.45, 7) is 1.21. The van der Waals surface area contributed by atoms with Gasteiger partial charge in [-0.3, -0.25) is 9.59 Å². The molecule has 6 heteroatoms. The number of halogens is 2. The van der Waals surface area contributed by atoms with Gasteiger partial charge in [0.1, 0.15) is 0 Å². The van der Waals surface area contributed by atoms with Gasteiger partial charge in [0.15, 0.2) is 0 Å². The van der Waals surface area contributed by atoms with E-state index in [0.29, 0.717) is 35.1 Å². The normalized spacial score (nSPS) is 14.9. The summed E-state index contributed by atoms with van der Waals surface area (Å²) >= 11 is 11.9. The first-order chi connectivity index (χ1) is 12.5. The first kappa shape index (κ1) is 18.7. The summed E-state index contributed by atoms with van der Waals surface area (Å²) in [5, 5.41) is 3.88. The van der Waals surface area contributed by atoms with E-state index < -0.39 is 0 Å². The molecule has 0 atom stereocenters. The second-order valence-electron chi connectivity index (χ2n) is 6.43. The van der Waals surface area contributed by atoms with Gasteiger partial charge < -0.3 is 10.2 Å². The van der Waals surface area contributed by atoms with E-state index in [1.54, 1.807) is 23.1 Å². The van der Waals surface area contributed by atoms with E-state index in [-0.39, 0.29) is 17.9 Å². The zero-order valence-electron chi connectivity index (χ0n) is 14.3. The fourth-order valence-corrected chi connectivity index (χ4v) is 3.40. The second-order valence-corrected chi connectivity index (χ2v) is 7.24. The molecule has 1 N–H and O–H groups in total. The second kappa shape index (κ2) is 8.56. The Morgan fingerprint density at radius 3 is 2.35 bits per heavy atom. The average Bonchev–Trinajstić information content (AvgIpc) is 2.65. The number of nitrogens with one attached hydrogen (secondary N) is 1. The summed E-state index contributed by atoms with van der Waals surface area (Å²) in [6.07, 6.45) is 1.87. The van der Waals surface area contributed by atoms with Crippen LogP contribution in [-0.4, -0.2) is 35.8 Å². The van der Waals surface area contributed by atoms with E-state index in [9.17, 15) is 9.59 Å². The summed E-state index contributed by atoms with van der Waals surface area (Å²) in [4.78, 5) is 26.5. The third-order valence-corrected chi connectivity index (χ3v) is 5.26. The fourth-order valence-electron chi connectivity index (χ4n) is 3.10. The number of hydrogen-bond acceptors (Lipinski definition) is 2. The molecule has 0 saturated carbocycles. The lowest BCUT2D eigenvalue weighted by molar-refractivity contribution is -0.121. The zero-order chi connectivity index (χ0) is 18.5. The van der Waals surface area contributed by atoms with Gasteiger partial charge in [-0.15, -0.1) is 0 Å². The Labute approximate surface area is 163 Å². The first-order valence-electron chi connectivity index (χ1n) is 8.60. The van der Waals surface area contributed by atoms with Gasteiger partial charge in [0.25, 0.3) is 5.91 Å². The highest BCUT2D eigenvalue weighted by Crippen LogP contribution is 2.24. The summed E-state index contributed by atoms with van der Waals surface area (Å²) in [7, 11) is 0. The SMILES string of the molecule is O=C(Cc1ccccc1)NC1CCN(C(=O)c2ccc(Cl)c(Cl)c2)CC1. The first-order valence-corrected chi connectivity index (χ1v) is 9.36. The topological polar surface area (TPSA) is 49.4 Å². The third-order valence-electron chi connectivity index (χ3n) is 4.52. The van der Waals surface area contributed by atoms with Gasteiger partial charge in [-0.25, -0.2) is 0 Å². The molecule has 2 aromatic carbocycles. The summed E-state index contributed by atoms with van der Waals surface area (Å²) in [5.74, 6) is -0.0388. The molecular weight excluding hydrogens is 371 g/mol. The monoisotopic (exact) mass is 390 g/mol. The largest absolute Gasteiger partial charge is 0.353 e. The van der Waals surface area contributed by atoms with E-state index in [2.05, 4.69) is 5.32 Å². The molecule has 0 radical (unpaired) electrons. The van der Waals surface area contributed by atoms with E-state index >= 15 is 0 Å². The highest BCUT2D eigenvalue weighted by Gasteiger charge is 2.24. The molecule has 0 aromatic heterocycles. The van der Waals surface area contributed by atoms with Gasteiger partial charge >= 0.3 is 0 Å². The van der Waals surface area contributed by atoms with Crippen molar-refractivity contribution in [1.29, 1.82) is 0 Å². The summed E-state index contributed by atoms with van der Waals surface area (Å²) < 4.78 is 0. The maximum Gasteiger partial charge on any atom is 0.253 e. The van der Waals surface area contributed by atoms with E-state index in [1.165, 1.54) is 0 Å². The predicted molar refractivity (Wildman–Crippen MR) is 104 cm³/mol. The smallest absolute Gasteiger partial charge is 0.253 e. The minimum Gasteiger partial charge on any atom is -0.353 e. The fraction of sp³-hybridized carbons (Fsp3) is 0.300. The maximum atomic E-state index is 12.6. The van der Waals surface area contributed by atoms with Gasteiger partial charge in [0, 0.05) is 24.7 Å². The van der Waals surface area contributed by atoms with Crippen LogP contribution in [0, 0.1) is 0 Å². The molecule has 2 aromatic rings. The number of rotatable bonds is 4. The van der Waals surface area contributed by atoms with Crippen molar-refractivity contribution in [3.63, 3.8) is 0 Å². The van der Waals surface area contributed by atoms with Crippen LogP contribution in [0.3, 0.4) is 0 Å². The van der Waals surface area contributed by atoms with E-state index in [1.807, 2.05) is 30.3 Å². The van der Waals surface area contributed by atoms with Gasteiger partial charge in [-0.2, -0.15) is 0 Å². The number of nitrogens with zero attached hydrogens (tertiary/aromatic N) is 1. The van der Waals surface area contributed by atoms with Crippen molar-refractivity contribution in [2.24, 2.45) is 0 Å². The molecule has 1 saturated heterocycles. The van der Waals surface area contributed by atoms with Crippen LogP contribution in [0.1, 0.15) is 28.8 Å². The molecular formula is C20H20Cl2N2O2. The molecule has 26 heavy (non-hydrogen) atoms. The number of amides is 2. The molecule has 2 amide bonds. The summed E-state index contributed by atoms with van der Waals surface area (Å²) in [5.41, 5.74) is 1.53. The molecule has 0 bridgehead atoms. The average molecular weight is 391 g/mol. The van der Waals surface area contributed by atoms with Crippen LogP contribution in [0.2, 0.25) is 10.0 Å². The van der Waals surface area contributed by atoms with Gasteiger partial charge in [-0.05, 0) is 36.6 Å². The van der Waals surface area contributed by atoms with Crippen molar-refractivity contribution >= 4 is 35.0 Å². The molecule has 1 heterocycles. The van der Waals surface area contributed by atoms with Crippen LogP contribution in [0.5, 0.6) is 0 Å². The van der Waals surface area contributed by atoms with Crippen LogP contribution in [0.4, 0.5) is 0 Å². The molecule has 1 aliphatic rings. The number of hydrogen-bond donors (Lipinski definition) is 1. The van der Waals surface area contributed by atoms with Gasteiger partial charge in [-0.1, -0.05) is 53.5 Å². The van der Waals surface area contributed by atoms with Crippen molar-refractivity contribution in [2.45, 2.75) is 25.3 Å². The highest BCUT2D eigenvalue weighted by atomic mass is 35.5. The number of carbonyl (C=O) groups excluding carboxylic acids is 2. The Morgan fingerprint density at radius 2 is 1.69 bits per heavy atom. The molecule has 0 aliphatic carbocycles. The number of likely N-dealkylation sites (tertiary alicyclic amines) is 1. The maximum absolute atomic E-state index is 12.6. The number of carbonyl (C=O) groups is 2. The Balaban J connectivity index is 1.50. The Kier molecular flexibility index (Phi) is 6.17. The molecule has 0 spiro atoms. The zero-order valence-corrected chi connectivity index (χ0v) is 15.8. The molecule has 0 unspecified atom stereocenters. The van der Waals surface area contributed by atoms with Crippen LogP contribution in [-0.2, 0) is 11.2 Å². The summed E-state index contributed by atoms with van der Waals surface area (Å²) in [6, 6.07) is 14.7. The van der Waals surface area contributed by atoms with Crippen molar-refractivity contribution in [2.75, 3.05) is 13.1 Å². The van der Waals surface area contributed by atoms with E-state index in [4.69, 9.17) is 23.2 Å². The molecule has 1 aliphatic heterocycles. The van der Waals surface area contributed by atoms with Gasteiger partial charge in [0.2, 0.25) is 5.91 Å². The molecule has 1 fully saturated rings. The Morgan fingerprint density at radius 1 is 1.00 bits per heavy atom. The van der Waals surface area contributed by atoms with Crippen molar-refractivity contribution in [1.82, 2.24) is 10.2 Å². The minimum absolute atomic E-state index is 0.0189. The Bertz CT molecular complexity index is 788. The predicted octanol–water partition coefficient (Wildman–Crippen LogP) is 3.96. The van der Waals surface area contributed by atoms with Crippen molar-refractivity contribution in [3.05, 3.63) is 69.7 Å². The number of benzene rings is 2. The van der Waals surface area contributed by atoms with Crippen LogP contribution in [0.15, 0.2) is 48.5 Å². The molecule has 4 nitrogen and oxygen atoms in total. The highest BCUT2D eigenvalue weighted by molar-refractivity contribution is 6.42. The quantitative estimate of drug-likeness (QED) is 0.858. The number of piperidine rings is 1. The lowest BCUT2D eigenvalue weighted by Gasteiger charge is -2.32. The molecule has 3 rings (SSSR count). The minimum atomic E-state index is -0.0578. The van der Waals surface area contributed by atoms with Crippen molar-refractivity contribution < 1.29 is 9.59 Å². The van der Waals surface area contributed by atoms with Crippen LogP contribution >= 0.6 is 23.2 Å².